The number of nitrogens with zero attached hydrogens (tertiary/aromatic N) is 3. The standard InChI is InChI=1S/C19H26N4O2/c20-17-12-23(11-16(17)13-1-2-13)19(25)15-5-9-22(10-6-15)18(24)14-3-7-21-8-4-14/h3-4,7-8,13,15-17H,1-2,5-6,9-12,20H2/t16-,17+/m1/s1. The highest BCUT2D eigenvalue weighted by molar-refractivity contribution is 5.94. The Bertz CT molecular complexity index is 638. The molecule has 6 nitrogen and oxygen atoms in total. The lowest BCUT2D eigenvalue weighted by molar-refractivity contribution is -0.136. The van der Waals surface area contributed by atoms with E-state index < -0.39 is 0 Å². The lowest BCUT2D eigenvalue weighted by Crippen LogP contribution is -2.44. The van der Waals surface area contributed by atoms with E-state index in [9.17, 15) is 9.59 Å². The summed E-state index contributed by atoms with van der Waals surface area (Å²) < 4.78 is 0. The number of aromatic nitrogens is 1. The molecule has 0 spiro atoms. The molecule has 3 aliphatic rings. The molecule has 0 unspecified atom stereocenters. The lowest BCUT2D eigenvalue weighted by atomic mass is 9.95. The van der Waals surface area contributed by atoms with Crippen molar-refractivity contribution in [2.24, 2.45) is 23.5 Å². The molecule has 2 N–H and O–H groups in total. The van der Waals surface area contributed by atoms with Crippen molar-refractivity contribution in [3.8, 4) is 0 Å². The van der Waals surface area contributed by atoms with Crippen LogP contribution < -0.4 is 5.73 Å². The van der Waals surface area contributed by atoms with Crippen LogP contribution >= 0.6 is 0 Å². The van der Waals surface area contributed by atoms with Crippen LogP contribution in [-0.4, -0.2) is 58.8 Å². The van der Waals surface area contributed by atoms with E-state index in [1.165, 1.54) is 12.8 Å². The topological polar surface area (TPSA) is 79.5 Å². The van der Waals surface area contributed by atoms with Crippen LogP contribution in [0.15, 0.2) is 24.5 Å². The second-order valence-electron chi connectivity index (χ2n) is 7.71. The molecule has 2 atom stereocenters. The van der Waals surface area contributed by atoms with Crippen LogP contribution in [0.1, 0.15) is 36.0 Å². The van der Waals surface area contributed by atoms with Crippen molar-refractivity contribution < 1.29 is 9.59 Å². The first kappa shape index (κ1) is 16.5. The molecule has 0 radical (unpaired) electrons. The Balaban J connectivity index is 1.31. The molecular weight excluding hydrogens is 316 g/mol. The first-order valence-corrected chi connectivity index (χ1v) is 9.37. The normalized spacial score (nSPS) is 27.6. The van der Waals surface area contributed by atoms with E-state index in [-0.39, 0.29) is 23.8 Å². The predicted molar refractivity (Wildman–Crippen MR) is 93.6 cm³/mol. The Morgan fingerprint density at radius 3 is 2.32 bits per heavy atom. The predicted octanol–water partition coefficient (Wildman–Crippen LogP) is 1.13. The van der Waals surface area contributed by atoms with Crippen LogP contribution in [-0.2, 0) is 4.79 Å². The van der Waals surface area contributed by atoms with E-state index >= 15 is 0 Å². The quantitative estimate of drug-likeness (QED) is 0.893. The molecule has 1 aromatic rings. The first-order valence-electron chi connectivity index (χ1n) is 9.37. The first-order chi connectivity index (χ1) is 12.1. The van der Waals surface area contributed by atoms with Gasteiger partial charge in [-0.2, -0.15) is 0 Å². The minimum Gasteiger partial charge on any atom is -0.341 e. The number of amides is 2. The van der Waals surface area contributed by atoms with E-state index in [4.69, 9.17) is 5.73 Å². The van der Waals surface area contributed by atoms with Crippen LogP contribution in [0.2, 0.25) is 0 Å². The fraction of sp³-hybridized carbons (Fsp3) is 0.632. The summed E-state index contributed by atoms with van der Waals surface area (Å²) in [6.07, 6.45) is 7.31. The van der Waals surface area contributed by atoms with Crippen molar-refractivity contribution >= 4 is 11.8 Å². The van der Waals surface area contributed by atoms with E-state index in [0.717, 1.165) is 25.3 Å². The van der Waals surface area contributed by atoms with Crippen molar-refractivity contribution in [2.45, 2.75) is 31.7 Å². The molecule has 1 aromatic heterocycles. The van der Waals surface area contributed by atoms with E-state index in [1.54, 1.807) is 24.5 Å². The number of carbonyl (C=O) groups excluding carboxylic acids is 2. The summed E-state index contributed by atoms with van der Waals surface area (Å²) >= 11 is 0. The third-order valence-electron chi connectivity index (χ3n) is 6.01. The average molecular weight is 342 g/mol. The number of nitrogens with two attached hydrogens (primary N) is 1. The van der Waals surface area contributed by atoms with Crippen LogP contribution in [0.4, 0.5) is 0 Å². The van der Waals surface area contributed by atoms with Crippen molar-refractivity contribution in [2.75, 3.05) is 26.2 Å². The van der Waals surface area contributed by atoms with Crippen LogP contribution in [0, 0.1) is 17.8 Å². The van der Waals surface area contributed by atoms with Gasteiger partial charge < -0.3 is 15.5 Å². The molecule has 0 aromatic carbocycles. The van der Waals surface area contributed by atoms with Crippen molar-refractivity contribution in [1.82, 2.24) is 14.8 Å². The van der Waals surface area contributed by atoms with Gasteiger partial charge in [0, 0.05) is 56.1 Å². The molecule has 0 bridgehead atoms. The summed E-state index contributed by atoms with van der Waals surface area (Å²) in [6, 6.07) is 3.62. The van der Waals surface area contributed by atoms with Gasteiger partial charge in [-0.1, -0.05) is 0 Å². The highest BCUT2D eigenvalue weighted by Crippen LogP contribution is 2.41. The maximum absolute atomic E-state index is 12.8. The number of likely N-dealkylation sites (tertiary alicyclic amines) is 2. The Labute approximate surface area is 148 Å². The van der Waals surface area contributed by atoms with Crippen molar-refractivity contribution in [3.05, 3.63) is 30.1 Å². The van der Waals surface area contributed by atoms with Crippen LogP contribution in [0.25, 0.3) is 0 Å². The minimum atomic E-state index is 0.0327. The lowest BCUT2D eigenvalue weighted by Gasteiger charge is -2.33. The highest BCUT2D eigenvalue weighted by atomic mass is 16.2. The molecule has 6 heteroatoms. The third-order valence-corrected chi connectivity index (χ3v) is 6.01. The third kappa shape index (κ3) is 3.40. The average Bonchev–Trinajstić information content (AvgIpc) is 3.43. The maximum atomic E-state index is 12.8. The largest absolute Gasteiger partial charge is 0.341 e. The molecule has 4 rings (SSSR count). The minimum absolute atomic E-state index is 0.0327. The zero-order valence-electron chi connectivity index (χ0n) is 14.5. The van der Waals surface area contributed by atoms with Crippen molar-refractivity contribution in [1.29, 1.82) is 0 Å². The summed E-state index contributed by atoms with van der Waals surface area (Å²) in [7, 11) is 0. The molecule has 2 aliphatic heterocycles. The van der Waals surface area contributed by atoms with Gasteiger partial charge in [-0.15, -0.1) is 0 Å². The summed E-state index contributed by atoms with van der Waals surface area (Å²) in [6.45, 7) is 2.82. The van der Waals surface area contributed by atoms with E-state index in [1.807, 2.05) is 9.80 Å². The van der Waals surface area contributed by atoms with Gasteiger partial charge in [-0.05, 0) is 49.7 Å². The Morgan fingerprint density at radius 1 is 1.00 bits per heavy atom. The number of rotatable bonds is 3. The fourth-order valence-corrected chi connectivity index (χ4v) is 4.32. The SMILES string of the molecule is N[C@H]1CN(C(=O)C2CCN(C(=O)c3ccncc3)CC2)C[C@@H]1C1CC1. The molecule has 1 aliphatic carbocycles. The fourth-order valence-electron chi connectivity index (χ4n) is 4.32. The molecule has 25 heavy (non-hydrogen) atoms. The van der Waals surface area contributed by atoms with Crippen molar-refractivity contribution in [3.63, 3.8) is 0 Å². The van der Waals surface area contributed by atoms with Gasteiger partial charge in [-0.3, -0.25) is 14.6 Å². The van der Waals surface area contributed by atoms with Gasteiger partial charge in [0.25, 0.3) is 5.91 Å². The molecule has 1 saturated carbocycles. The van der Waals surface area contributed by atoms with Gasteiger partial charge in [-0.25, -0.2) is 0 Å². The monoisotopic (exact) mass is 342 g/mol. The number of piperidine rings is 1. The zero-order valence-corrected chi connectivity index (χ0v) is 14.5. The number of pyridine rings is 1. The molecule has 2 amide bonds. The summed E-state index contributed by atoms with van der Waals surface area (Å²) in [5.41, 5.74) is 6.92. The molecule has 2 saturated heterocycles. The maximum Gasteiger partial charge on any atom is 0.253 e. The second kappa shape index (κ2) is 6.75. The smallest absolute Gasteiger partial charge is 0.253 e. The van der Waals surface area contributed by atoms with E-state index in [2.05, 4.69) is 4.98 Å². The molecule has 134 valence electrons. The molecular formula is C19H26N4O2. The number of hydrogen-bond acceptors (Lipinski definition) is 4. The number of carbonyl (C=O) groups is 2. The van der Waals surface area contributed by atoms with Crippen LogP contribution in [0.3, 0.4) is 0 Å². The zero-order chi connectivity index (χ0) is 17.4. The molecule has 3 heterocycles. The molecule has 3 fully saturated rings. The Hall–Kier alpha value is -1.95. The Kier molecular flexibility index (Phi) is 4.46. The van der Waals surface area contributed by atoms with Gasteiger partial charge in [0.2, 0.25) is 5.91 Å². The van der Waals surface area contributed by atoms with Crippen LogP contribution in [0.5, 0.6) is 0 Å². The second-order valence-corrected chi connectivity index (χ2v) is 7.71. The number of hydrogen-bond donors (Lipinski definition) is 1. The summed E-state index contributed by atoms with van der Waals surface area (Å²) in [5.74, 6) is 1.55. The Morgan fingerprint density at radius 2 is 1.68 bits per heavy atom. The highest BCUT2D eigenvalue weighted by Gasteiger charge is 2.43. The van der Waals surface area contributed by atoms with Gasteiger partial charge in [0.1, 0.15) is 0 Å². The van der Waals surface area contributed by atoms with Gasteiger partial charge in [0.05, 0.1) is 0 Å². The van der Waals surface area contributed by atoms with Gasteiger partial charge in [0.15, 0.2) is 0 Å². The summed E-state index contributed by atoms with van der Waals surface area (Å²) in [4.78, 5) is 33.1. The van der Waals surface area contributed by atoms with Gasteiger partial charge >= 0.3 is 0 Å². The summed E-state index contributed by atoms with van der Waals surface area (Å²) in [5, 5.41) is 0. The van der Waals surface area contributed by atoms with E-state index in [0.29, 0.717) is 31.1 Å².